The number of thiazole rings is 1. The molecule has 1 aliphatic carbocycles. The summed E-state index contributed by atoms with van der Waals surface area (Å²) in [6.07, 6.45) is 4.57. The molecule has 23 heavy (non-hydrogen) atoms. The van der Waals surface area contributed by atoms with E-state index >= 15 is 0 Å². The van der Waals surface area contributed by atoms with Crippen LogP contribution in [0.1, 0.15) is 29.5 Å². The van der Waals surface area contributed by atoms with E-state index in [4.69, 9.17) is 4.98 Å². The topological polar surface area (TPSA) is 44.3 Å². The summed E-state index contributed by atoms with van der Waals surface area (Å²) in [6.45, 7) is 5.10. The molecule has 1 saturated carbocycles. The minimum Gasteiger partial charge on any atom is -0.378 e. The standard InChI is InChI=1S/C17H23N5S/c1-21-6-8-22(9-7-21)16-5-4-14(10-19-16)18-11-15-12-23-17(20-15)13-2-3-13/h4-5,10,12-13,18H,2-3,6-9,11H2,1H3. The number of likely N-dealkylation sites (N-methyl/N-ethyl adjacent to an activating group) is 1. The van der Waals surface area contributed by atoms with E-state index in [1.807, 2.05) is 6.20 Å². The maximum absolute atomic E-state index is 4.71. The molecule has 2 fully saturated rings. The summed E-state index contributed by atoms with van der Waals surface area (Å²) in [6, 6.07) is 4.24. The molecule has 0 bridgehead atoms. The largest absolute Gasteiger partial charge is 0.378 e. The first-order valence-corrected chi connectivity index (χ1v) is 9.23. The Hall–Kier alpha value is -1.66. The van der Waals surface area contributed by atoms with Crippen LogP contribution in [0, 0.1) is 0 Å². The second kappa shape index (κ2) is 6.45. The minimum absolute atomic E-state index is 0.748. The van der Waals surface area contributed by atoms with Gasteiger partial charge in [0.15, 0.2) is 0 Å². The highest BCUT2D eigenvalue weighted by atomic mass is 32.1. The van der Waals surface area contributed by atoms with Crippen molar-refractivity contribution >= 4 is 22.8 Å². The molecule has 5 nitrogen and oxygen atoms in total. The summed E-state index contributed by atoms with van der Waals surface area (Å²) >= 11 is 1.80. The van der Waals surface area contributed by atoms with Crippen molar-refractivity contribution < 1.29 is 0 Å². The summed E-state index contributed by atoms with van der Waals surface area (Å²) in [5, 5.41) is 6.91. The van der Waals surface area contributed by atoms with E-state index < -0.39 is 0 Å². The molecular formula is C17H23N5S. The van der Waals surface area contributed by atoms with Crippen LogP contribution in [0.4, 0.5) is 11.5 Å². The van der Waals surface area contributed by atoms with Crippen LogP contribution in [-0.2, 0) is 6.54 Å². The van der Waals surface area contributed by atoms with Crippen molar-refractivity contribution in [2.75, 3.05) is 43.4 Å². The molecule has 0 radical (unpaired) electrons. The molecule has 2 aliphatic rings. The second-order valence-electron chi connectivity index (χ2n) is 6.50. The quantitative estimate of drug-likeness (QED) is 0.914. The summed E-state index contributed by atoms with van der Waals surface area (Å²) in [7, 11) is 2.17. The Morgan fingerprint density at radius 2 is 2.04 bits per heavy atom. The number of nitrogens with zero attached hydrogens (tertiary/aromatic N) is 4. The van der Waals surface area contributed by atoms with E-state index in [0.717, 1.165) is 55.8 Å². The van der Waals surface area contributed by atoms with Crippen LogP contribution >= 0.6 is 11.3 Å². The first-order valence-electron chi connectivity index (χ1n) is 8.35. The molecule has 0 spiro atoms. The first-order chi connectivity index (χ1) is 11.3. The van der Waals surface area contributed by atoms with Gasteiger partial charge in [0.05, 0.1) is 29.1 Å². The highest BCUT2D eigenvalue weighted by Crippen LogP contribution is 2.41. The summed E-state index contributed by atoms with van der Waals surface area (Å²) < 4.78 is 0. The molecule has 3 heterocycles. The number of anilines is 2. The minimum atomic E-state index is 0.748. The highest BCUT2D eigenvalue weighted by Gasteiger charge is 2.26. The van der Waals surface area contributed by atoms with Crippen molar-refractivity contribution in [1.29, 1.82) is 0 Å². The van der Waals surface area contributed by atoms with Crippen molar-refractivity contribution in [1.82, 2.24) is 14.9 Å². The van der Waals surface area contributed by atoms with Crippen LogP contribution in [-0.4, -0.2) is 48.1 Å². The highest BCUT2D eigenvalue weighted by molar-refractivity contribution is 7.09. The molecule has 6 heteroatoms. The van der Waals surface area contributed by atoms with E-state index in [1.165, 1.54) is 17.8 Å². The van der Waals surface area contributed by atoms with Crippen LogP contribution in [0.15, 0.2) is 23.7 Å². The number of nitrogens with one attached hydrogen (secondary N) is 1. The molecule has 122 valence electrons. The van der Waals surface area contributed by atoms with Gasteiger partial charge in [-0.15, -0.1) is 11.3 Å². The average Bonchev–Trinajstić information content (AvgIpc) is 3.33. The lowest BCUT2D eigenvalue weighted by Crippen LogP contribution is -2.44. The molecule has 0 unspecified atom stereocenters. The Labute approximate surface area is 141 Å². The number of aromatic nitrogens is 2. The molecule has 1 saturated heterocycles. The third-order valence-electron chi connectivity index (χ3n) is 4.54. The molecular weight excluding hydrogens is 306 g/mol. The zero-order valence-corrected chi connectivity index (χ0v) is 14.4. The lowest BCUT2D eigenvalue weighted by Gasteiger charge is -2.33. The maximum atomic E-state index is 4.71. The van der Waals surface area contributed by atoms with Crippen molar-refractivity contribution in [2.24, 2.45) is 0 Å². The number of hydrogen-bond acceptors (Lipinski definition) is 6. The molecule has 0 amide bonds. The number of hydrogen-bond donors (Lipinski definition) is 1. The normalized spacial score (nSPS) is 19.1. The van der Waals surface area contributed by atoms with Gasteiger partial charge in [0, 0.05) is 37.5 Å². The van der Waals surface area contributed by atoms with E-state index in [9.17, 15) is 0 Å². The number of pyridine rings is 1. The monoisotopic (exact) mass is 329 g/mol. The zero-order chi connectivity index (χ0) is 15.6. The van der Waals surface area contributed by atoms with E-state index in [-0.39, 0.29) is 0 Å². The van der Waals surface area contributed by atoms with E-state index in [1.54, 1.807) is 11.3 Å². The van der Waals surface area contributed by atoms with E-state index in [2.05, 4.69) is 44.7 Å². The molecule has 0 atom stereocenters. The van der Waals surface area contributed by atoms with Gasteiger partial charge < -0.3 is 15.1 Å². The van der Waals surface area contributed by atoms with Crippen LogP contribution < -0.4 is 10.2 Å². The molecule has 2 aromatic heterocycles. The first kappa shape index (κ1) is 14.9. The Kier molecular flexibility index (Phi) is 4.18. The fourth-order valence-corrected chi connectivity index (χ4v) is 3.82. The van der Waals surface area contributed by atoms with Crippen LogP contribution in [0.3, 0.4) is 0 Å². The smallest absolute Gasteiger partial charge is 0.128 e. The Morgan fingerprint density at radius 1 is 1.22 bits per heavy atom. The maximum Gasteiger partial charge on any atom is 0.128 e. The van der Waals surface area contributed by atoms with Gasteiger partial charge in [-0.05, 0) is 32.0 Å². The van der Waals surface area contributed by atoms with Gasteiger partial charge in [-0.1, -0.05) is 0 Å². The third kappa shape index (κ3) is 3.64. The Bertz CT molecular complexity index is 641. The van der Waals surface area contributed by atoms with Gasteiger partial charge >= 0.3 is 0 Å². The molecule has 4 rings (SSSR count). The van der Waals surface area contributed by atoms with Gasteiger partial charge in [0.25, 0.3) is 0 Å². The van der Waals surface area contributed by atoms with Crippen molar-refractivity contribution in [2.45, 2.75) is 25.3 Å². The van der Waals surface area contributed by atoms with Gasteiger partial charge in [-0.2, -0.15) is 0 Å². The number of rotatable bonds is 5. The summed E-state index contributed by atoms with van der Waals surface area (Å²) in [5.41, 5.74) is 2.20. The van der Waals surface area contributed by atoms with Crippen LogP contribution in [0.25, 0.3) is 0 Å². The Balaban J connectivity index is 1.32. The van der Waals surface area contributed by atoms with Crippen molar-refractivity contribution in [3.05, 3.63) is 34.4 Å². The van der Waals surface area contributed by atoms with Gasteiger partial charge in [0.2, 0.25) is 0 Å². The summed E-state index contributed by atoms with van der Waals surface area (Å²) in [5.74, 6) is 1.83. The lowest BCUT2D eigenvalue weighted by molar-refractivity contribution is 0.312. The van der Waals surface area contributed by atoms with Crippen LogP contribution in [0.2, 0.25) is 0 Å². The SMILES string of the molecule is CN1CCN(c2ccc(NCc3csc(C4CC4)n3)cn2)CC1. The third-order valence-corrected chi connectivity index (χ3v) is 5.60. The predicted octanol–water partition coefficient (Wildman–Crippen LogP) is 2.78. The zero-order valence-electron chi connectivity index (χ0n) is 13.5. The van der Waals surface area contributed by atoms with E-state index in [0.29, 0.717) is 0 Å². The summed E-state index contributed by atoms with van der Waals surface area (Å²) in [4.78, 5) is 14.0. The molecule has 1 aliphatic heterocycles. The predicted molar refractivity (Wildman–Crippen MR) is 95.4 cm³/mol. The Morgan fingerprint density at radius 3 is 2.74 bits per heavy atom. The number of piperazine rings is 1. The fraction of sp³-hybridized carbons (Fsp3) is 0.529. The average molecular weight is 329 g/mol. The molecule has 2 aromatic rings. The van der Waals surface area contributed by atoms with Crippen LogP contribution in [0.5, 0.6) is 0 Å². The van der Waals surface area contributed by atoms with Gasteiger partial charge in [-0.25, -0.2) is 9.97 Å². The van der Waals surface area contributed by atoms with Gasteiger partial charge in [-0.3, -0.25) is 0 Å². The fourth-order valence-electron chi connectivity index (χ4n) is 2.83. The second-order valence-corrected chi connectivity index (χ2v) is 7.39. The lowest BCUT2D eigenvalue weighted by atomic mass is 10.3. The van der Waals surface area contributed by atoms with Crippen molar-refractivity contribution in [3.8, 4) is 0 Å². The molecule has 0 aromatic carbocycles. The van der Waals surface area contributed by atoms with Gasteiger partial charge in [0.1, 0.15) is 5.82 Å². The molecule has 1 N–H and O–H groups in total. The van der Waals surface area contributed by atoms with Crippen molar-refractivity contribution in [3.63, 3.8) is 0 Å².